The Hall–Kier alpha value is -2.34. The van der Waals surface area contributed by atoms with Gasteiger partial charge in [0.25, 0.3) is 0 Å². The Labute approximate surface area is 148 Å². The molecule has 3 heterocycles. The molecule has 0 saturated carbocycles. The maximum absolute atomic E-state index is 5.80. The molecule has 0 aliphatic carbocycles. The molecular formula is C19H24N4O2. The van der Waals surface area contributed by atoms with Crippen molar-refractivity contribution >= 4 is 5.82 Å². The summed E-state index contributed by atoms with van der Waals surface area (Å²) in [6, 6.07) is 10.6. The molecule has 1 atom stereocenters. The molecule has 2 aliphatic heterocycles. The lowest BCUT2D eigenvalue weighted by Crippen LogP contribution is -2.45. The molecule has 0 amide bonds. The maximum Gasteiger partial charge on any atom is 0.165 e. The fraction of sp³-hybridized carbons (Fsp3) is 0.474. The van der Waals surface area contributed by atoms with Crippen LogP contribution >= 0.6 is 0 Å². The molecule has 2 aliphatic rings. The summed E-state index contributed by atoms with van der Waals surface area (Å²) in [7, 11) is 0. The summed E-state index contributed by atoms with van der Waals surface area (Å²) < 4.78 is 11.5. The van der Waals surface area contributed by atoms with Crippen LogP contribution in [0.25, 0.3) is 0 Å². The number of ether oxygens (including phenoxy) is 2. The predicted octanol–water partition coefficient (Wildman–Crippen LogP) is 2.31. The molecule has 0 unspecified atom stereocenters. The van der Waals surface area contributed by atoms with E-state index in [9.17, 15) is 0 Å². The molecule has 6 heteroatoms. The molecule has 2 aromatic rings. The van der Waals surface area contributed by atoms with Gasteiger partial charge >= 0.3 is 0 Å². The topological polar surface area (TPSA) is 59.5 Å². The van der Waals surface area contributed by atoms with Gasteiger partial charge in [-0.25, -0.2) is 0 Å². The molecule has 1 saturated heterocycles. The molecule has 1 fully saturated rings. The van der Waals surface area contributed by atoms with Crippen molar-refractivity contribution in [2.45, 2.75) is 32.4 Å². The number of rotatable bonds is 4. The highest BCUT2D eigenvalue weighted by Crippen LogP contribution is 2.33. The molecular weight excluding hydrogens is 316 g/mol. The van der Waals surface area contributed by atoms with E-state index in [4.69, 9.17) is 9.47 Å². The molecule has 1 aromatic heterocycles. The lowest BCUT2D eigenvalue weighted by molar-refractivity contribution is 0.169. The minimum Gasteiger partial charge on any atom is -0.486 e. The van der Waals surface area contributed by atoms with Crippen molar-refractivity contribution in [2.75, 3.05) is 31.2 Å². The second kappa shape index (κ2) is 7.27. The number of fused-ring (bicyclic) bond motifs is 1. The van der Waals surface area contributed by atoms with Gasteiger partial charge in [0.05, 0.1) is 5.69 Å². The summed E-state index contributed by atoms with van der Waals surface area (Å²) in [6.07, 6.45) is 2.32. The monoisotopic (exact) mass is 340 g/mol. The Morgan fingerprint density at radius 3 is 2.96 bits per heavy atom. The van der Waals surface area contributed by atoms with Crippen molar-refractivity contribution in [3.05, 3.63) is 41.6 Å². The molecule has 0 bridgehead atoms. The number of benzene rings is 1. The molecule has 0 spiro atoms. The van der Waals surface area contributed by atoms with Crippen LogP contribution in [-0.4, -0.2) is 42.5 Å². The molecule has 0 radical (unpaired) electrons. The van der Waals surface area contributed by atoms with Crippen LogP contribution in [0.5, 0.6) is 11.5 Å². The third kappa shape index (κ3) is 3.69. The third-order valence-electron chi connectivity index (χ3n) is 4.76. The maximum atomic E-state index is 5.80. The average Bonchev–Trinajstić information content (AvgIpc) is 2.67. The van der Waals surface area contributed by atoms with Gasteiger partial charge < -0.3 is 19.7 Å². The summed E-state index contributed by atoms with van der Waals surface area (Å²) in [5.41, 5.74) is 2.11. The number of hydrogen-bond acceptors (Lipinski definition) is 6. The van der Waals surface area contributed by atoms with Crippen molar-refractivity contribution in [1.29, 1.82) is 0 Å². The number of hydrogen-bond donors (Lipinski definition) is 1. The lowest BCUT2D eigenvalue weighted by Gasteiger charge is -2.34. The normalized spacial score (nSPS) is 19.7. The van der Waals surface area contributed by atoms with Crippen molar-refractivity contribution < 1.29 is 9.47 Å². The highest BCUT2D eigenvalue weighted by molar-refractivity contribution is 5.47. The zero-order valence-corrected chi connectivity index (χ0v) is 14.6. The van der Waals surface area contributed by atoms with E-state index >= 15 is 0 Å². The van der Waals surface area contributed by atoms with Crippen LogP contribution in [-0.2, 0) is 6.54 Å². The van der Waals surface area contributed by atoms with Gasteiger partial charge in [-0.2, -0.15) is 5.10 Å². The van der Waals surface area contributed by atoms with E-state index in [2.05, 4.69) is 32.5 Å². The Balaban J connectivity index is 1.39. The number of nitrogens with one attached hydrogen (secondary N) is 1. The second-order valence-electron chi connectivity index (χ2n) is 6.64. The van der Waals surface area contributed by atoms with Gasteiger partial charge in [0, 0.05) is 31.2 Å². The van der Waals surface area contributed by atoms with E-state index in [1.807, 2.05) is 25.1 Å². The Bertz CT molecular complexity index is 720. The van der Waals surface area contributed by atoms with Gasteiger partial charge in [0.1, 0.15) is 13.2 Å². The van der Waals surface area contributed by atoms with E-state index in [-0.39, 0.29) is 0 Å². The van der Waals surface area contributed by atoms with E-state index < -0.39 is 0 Å². The lowest BCUT2D eigenvalue weighted by atomic mass is 10.0. The van der Waals surface area contributed by atoms with Crippen molar-refractivity contribution in [2.24, 2.45) is 0 Å². The molecule has 1 N–H and O–H groups in total. The van der Waals surface area contributed by atoms with Crippen LogP contribution in [0.1, 0.15) is 24.1 Å². The zero-order valence-electron chi connectivity index (χ0n) is 14.6. The van der Waals surface area contributed by atoms with Gasteiger partial charge in [-0.3, -0.25) is 0 Å². The molecule has 1 aromatic carbocycles. The van der Waals surface area contributed by atoms with Crippen molar-refractivity contribution in [3.8, 4) is 11.5 Å². The second-order valence-corrected chi connectivity index (χ2v) is 6.64. The fourth-order valence-electron chi connectivity index (χ4n) is 3.44. The summed E-state index contributed by atoms with van der Waals surface area (Å²) in [6.45, 7) is 5.97. The van der Waals surface area contributed by atoms with Crippen LogP contribution in [0.3, 0.4) is 0 Å². The van der Waals surface area contributed by atoms with Crippen molar-refractivity contribution in [3.63, 3.8) is 0 Å². The first-order valence-electron chi connectivity index (χ1n) is 8.96. The van der Waals surface area contributed by atoms with Crippen LogP contribution < -0.4 is 19.7 Å². The number of para-hydroxylation sites is 1. The van der Waals surface area contributed by atoms with Gasteiger partial charge in [-0.1, -0.05) is 12.1 Å². The minimum absolute atomic E-state index is 0.428. The van der Waals surface area contributed by atoms with Crippen molar-refractivity contribution in [1.82, 2.24) is 15.5 Å². The van der Waals surface area contributed by atoms with Gasteiger partial charge in [0.15, 0.2) is 17.3 Å². The summed E-state index contributed by atoms with van der Waals surface area (Å²) in [5.74, 6) is 2.70. The zero-order chi connectivity index (χ0) is 17.1. The van der Waals surface area contributed by atoms with E-state index in [1.54, 1.807) is 0 Å². The van der Waals surface area contributed by atoms with Crippen LogP contribution in [0.4, 0.5) is 5.82 Å². The predicted molar refractivity (Wildman–Crippen MR) is 96.3 cm³/mol. The highest BCUT2D eigenvalue weighted by Gasteiger charge is 2.22. The number of nitrogens with zero attached hydrogens (tertiary/aromatic N) is 3. The molecule has 4 rings (SSSR count). The average molecular weight is 340 g/mol. The Morgan fingerprint density at radius 1 is 1.16 bits per heavy atom. The van der Waals surface area contributed by atoms with Gasteiger partial charge in [0.2, 0.25) is 0 Å². The van der Waals surface area contributed by atoms with Gasteiger partial charge in [-0.05, 0) is 38.0 Å². The van der Waals surface area contributed by atoms with E-state index in [0.717, 1.165) is 54.6 Å². The van der Waals surface area contributed by atoms with Crippen LogP contribution in [0.2, 0.25) is 0 Å². The van der Waals surface area contributed by atoms with E-state index in [1.165, 1.54) is 6.42 Å². The Morgan fingerprint density at radius 2 is 2.08 bits per heavy atom. The standard InChI is InChI=1S/C19H24N4O2/c1-14-7-8-18(22-21-14)23-9-3-5-16(13-23)20-12-15-4-2-6-17-19(15)25-11-10-24-17/h2,4,6-8,16,20H,3,5,9-13H2,1H3/t16-/m0/s1. The third-order valence-corrected chi connectivity index (χ3v) is 4.76. The SMILES string of the molecule is Cc1ccc(N2CCC[C@H](NCc3cccc4c3OCCO4)C2)nn1. The summed E-state index contributed by atoms with van der Waals surface area (Å²) in [4.78, 5) is 2.31. The highest BCUT2D eigenvalue weighted by atomic mass is 16.6. The largest absolute Gasteiger partial charge is 0.486 e. The van der Waals surface area contributed by atoms with Crippen LogP contribution in [0, 0.1) is 6.92 Å². The first-order valence-corrected chi connectivity index (χ1v) is 8.96. The number of piperidine rings is 1. The molecule has 25 heavy (non-hydrogen) atoms. The summed E-state index contributed by atoms with van der Waals surface area (Å²) >= 11 is 0. The number of aryl methyl sites for hydroxylation is 1. The fourth-order valence-corrected chi connectivity index (χ4v) is 3.44. The molecule has 6 nitrogen and oxygen atoms in total. The summed E-state index contributed by atoms with van der Waals surface area (Å²) in [5, 5.41) is 12.2. The first-order chi connectivity index (χ1) is 12.3. The molecule has 132 valence electrons. The van der Waals surface area contributed by atoms with Gasteiger partial charge in [-0.15, -0.1) is 5.10 Å². The minimum atomic E-state index is 0.428. The number of anilines is 1. The first kappa shape index (κ1) is 16.1. The van der Waals surface area contributed by atoms with E-state index in [0.29, 0.717) is 19.3 Å². The quantitative estimate of drug-likeness (QED) is 0.922. The van der Waals surface area contributed by atoms with Crippen LogP contribution in [0.15, 0.2) is 30.3 Å². The Kier molecular flexibility index (Phi) is 4.70. The smallest absolute Gasteiger partial charge is 0.165 e. The number of aromatic nitrogens is 2.